The van der Waals surface area contributed by atoms with Gasteiger partial charge in [-0.05, 0) is 42.1 Å². The van der Waals surface area contributed by atoms with Crippen molar-refractivity contribution in [1.82, 2.24) is 4.90 Å². The van der Waals surface area contributed by atoms with E-state index in [4.69, 9.17) is 0 Å². The highest BCUT2D eigenvalue weighted by atomic mass is 16.3. The first kappa shape index (κ1) is 12.8. The lowest BCUT2D eigenvalue weighted by Crippen LogP contribution is -2.39. The summed E-state index contributed by atoms with van der Waals surface area (Å²) in [6.07, 6.45) is 1.11. The minimum atomic E-state index is -0.480. The predicted molar refractivity (Wildman–Crippen MR) is 76.9 cm³/mol. The summed E-state index contributed by atoms with van der Waals surface area (Å²) in [4.78, 5) is 2.55. The average molecular weight is 273 g/mol. The van der Waals surface area contributed by atoms with Crippen molar-refractivity contribution >= 4 is 0 Å². The van der Waals surface area contributed by atoms with E-state index < -0.39 is 12.2 Å². The molecule has 20 heavy (non-hydrogen) atoms. The minimum absolute atomic E-state index is 0.343. The van der Waals surface area contributed by atoms with Gasteiger partial charge in [0.25, 0.3) is 0 Å². The van der Waals surface area contributed by atoms with Crippen LogP contribution in [0.3, 0.4) is 0 Å². The molecule has 2 aliphatic carbocycles. The maximum absolute atomic E-state index is 10.2. The molecule has 0 unspecified atom stereocenters. The van der Waals surface area contributed by atoms with Gasteiger partial charge in [-0.3, -0.25) is 4.90 Å². The molecule has 3 nitrogen and oxygen atoms in total. The molecule has 108 valence electrons. The van der Waals surface area contributed by atoms with Crippen LogP contribution in [0.2, 0.25) is 0 Å². The molecule has 2 N–H and O–H groups in total. The molecule has 1 aliphatic heterocycles. The average Bonchev–Trinajstić information content (AvgIpc) is 2.88. The molecule has 3 fully saturated rings. The van der Waals surface area contributed by atoms with Crippen LogP contribution in [0, 0.1) is 23.7 Å². The standard InChI is InChI=1S/C17H23NO2/c19-15-7-14-12-6-13(16(14)17(15)20)10-18(9-12)8-11-4-2-1-3-5-11/h1-5,12-17,19-20H,6-10H2/t12-,13-,14+,15+,16+,17+/m0/s1. The van der Waals surface area contributed by atoms with Crippen LogP contribution in [0.25, 0.3) is 0 Å². The lowest BCUT2D eigenvalue weighted by Gasteiger charge is -2.34. The van der Waals surface area contributed by atoms with Crippen LogP contribution in [0.1, 0.15) is 18.4 Å². The van der Waals surface area contributed by atoms with Crippen molar-refractivity contribution in [3.05, 3.63) is 35.9 Å². The summed E-state index contributed by atoms with van der Waals surface area (Å²) in [5, 5.41) is 20.1. The first-order valence-electron chi connectivity index (χ1n) is 7.85. The number of nitrogens with zero attached hydrogens (tertiary/aromatic N) is 1. The Morgan fingerprint density at radius 2 is 1.75 bits per heavy atom. The molecule has 1 saturated heterocycles. The molecule has 1 aromatic rings. The van der Waals surface area contributed by atoms with E-state index in [2.05, 4.69) is 35.2 Å². The summed E-state index contributed by atoms with van der Waals surface area (Å²) < 4.78 is 0. The van der Waals surface area contributed by atoms with E-state index in [0.717, 1.165) is 26.1 Å². The van der Waals surface area contributed by atoms with Gasteiger partial charge in [-0.15, -0.1) is 0 Å². The second-order valence-corrected chi connectivity index (χ2v) is 6.97. The van der Waals surface area contributed by atoms with Crippen molar-refractivity contribution in [3.8, 4) is 0 Å². The Hall–Kier alpha value is -0.900. The molecule has 0 aromatic heterocycles. The van der Waals surface area contributed by atoms with Crippen molar-refractivity contribution in [2.45, 2.75) is 31.6 Å². The summed E-state index contributed by atoms with van der Waals surface area (Å²) in [6, 6.07) is 10.6. The number of piperidine rings is 1. The third kappa shape index (κ3) is 2.00. The number of hydrogen-bond donors (Lipinski definition) is 2. The quantitative estimate of drug-likeness (QED) is 0.858. The van der Waals surface area contributed by atoms with Crippen LogP contribution in [-0.2, 0) is 6.54 Å². The molecular formula is C17H23NO2. The monoisotopic (exact) mass is 273 g/mol. The number of aliphatic hydroxyl groups excluding tert-OH is 2. The Balaban J connectivity index is 1.48. The zero-order valence-corrected chi connectivity index (χ0v) is 11.7. The highest BCUT2D eigenvalue weighted by molar-refractivity contribution is 5.15. The van der Waals surface area contributed by atoms with Gasteiger partial charge in [-0.1, -0.05) is 30.3 Å². The summed E-state index contributed by atoms with van der Waals surface area (Å²) in [6.45, 7) is 3.23. The molecule has 3 aliphatic rings. The zero-order chi connectivity index (χ0) is 13.7. The second kappa shape index (κ2) is 4.83. The first-order valence-corrected chi connectivity index (χ1v) is 7.85. The van der Waals surface area contributed by atoms with E-state index in [1.807, 2.05) is 0 Å². The highest BCUT2D eigenvalue weighted by Crippen LogP contribution is 2.53. The van der Waals surface area contributed by atoms with E-state index in [1.54, 1.807) is 0 Å². The second-order valence-electron chi connectivity index (χ2n) is 6.97. The number of likely N-dealkylation sites (tertiary alicyclic amines) is 1. The number of rotatable bonds is 2. The van der Waals surface area contributed by atoms with Crippen molar-refractivity contribution in [3.63, 3.8) is 0 Å². The molecule has 2 saturated carbocycles. The SMILES string of the molecule is O[C@H]1[C@@H]2[C@H]3C[C@@H](CN(Cc4ccccc4)C3)[C@H]2C[C@H]1O. The van der Waals surface area contributed by atoms with Crippen molar-refractivity contribution in [1.29, 1.82) is 0 Å². The molecule has 1 heterocycles. The molecule has 2 bridgehead atoms. The largest absolute Gasteiger partial charge is 0.390 e. The fraction of sp³-hybridized carbons (Fsp3) is 0.647. The van der Waals surface area contributed by atoms with Gasteiger partial charge >= 0.3 is 0 Å². The molecule has 0 spiro atoms. The van der Waals surface area contributed by atoms with Gasteiger partial charge in [0, 0.05) is 19.6 Å². The van der Waals surface area contributed by atoms with E-state index in [-0.39, 0.29) is 0 Å². The first-order chi connectivity index (χ1) is 9.72. The Bertz CT molecular complexity index is 477. The topological polar surface area (TPSA) is 43.7 Å². The molecule has 0 radical (unpaired) electrons. The summed E-state index contributed by atoms with van der Waals surface area (Å²) in [5.74, 6) is 2.14. The number of aliphatic hydroxyl groups is 2. The number of benzene rings is 1. The van der Waals surface area contributed by atoms with Crippen LogP contribution in [0.5, 0.6) is 0 Å². The van der Waals surface area contributed by atoms with Gasteiger partial charge in [0.1, 0.15) is 0 Å². The molecule has 3 heteroatoms. The van der Waals surface area contributed by atoms with Gasteiger partial charge in [-0.25, -0.2) is 0 Å². The van der Waals surface area contributed by atoms with E-state index >= 15 is 0 Å². The van der Waals surface area contributed by atoms with Gasteiger partial charge in [0.15, 0.2) is 0 Å². The van der Waals surface area contributed by atoms with Crippen molar-refractivity contribution in [2.24, 2.45) is 23.7 Å². The zero-order valence-electron chi connectivity index (χ0n) is 11.7. The van der Waals surface area contributed by atoms with Crippen LogP contribution in [0.4, 0.5) is 0 Å². The van der Waals surface area contributed by atoms with E-state index in [0.29, 0.717) is 23.7 Å². The van der Waals surface area contributed by atoms with E-state index in [1.165, 1.54) is 12.0 Å². The van der Waals surface area contributed by atoms with Gasteiger partial charge < -0.3 is 10.2 Å². The fourth-order valence-corrected chi connectivity index (χ4v) is 5.06. The lowest BCUT2D eigenvalue weighted by molar-refractivity contribution is 0.000575. The van der Waals surface area contributed by atoms with Gasteiger partial charge in [0.2, 0.25) is 0 Å². The Labute approximate surface area is 120 Å². The van der Waals surface area contributed by atoms with Gasteiger partial charge in [-0.2, -0.15) is 0 Å². The van der Waals surface area contributed by atoms with Crippen LogP contribution >= 0.6 is 0 Å². The summed E-state index contributed by atoms with van der Waals surface area (Å²) >= 11 is 0. The highest BCUT2D eigenvalue weighted by Gasteiger charge is 2.55. The predicted octanol–water partition coefficient (Wildman–Crippen LogP) is 1.50. The minimum Gasteiger partial charge on any atom is -0.390 e. The van der Waals surface area contributed by atoms with Crippen LogP contribution in [0.15, 0.2) is 30.3 Å². The van der Waals surface area contributed by atoms with E-state index in [9.17, 15) is 10.2 Å². The van der Waals surface area contributed by atoms with Crippen molar-refractivity contribution in [2.75, 3.05) is 13.1 Å². The summed E-state index contributed by atoms with van der Waals surface area (Å²) in [7, 11) is 0. The third-order valence-electron chi connectivity index (χ3n) is 5.79. The Kier molecular flexibility index (Phi) is 3.09. The molecular weight excluding hydrogens is 250 g/mol. The van der Waals surface area contributed by atoms with Gasteiger partial charge in [0.05, 0.1) is 12.2 Å². The smallest absolute Gasteiger partial charge is 0.0833 e. The fourth-order valence-electron chi connectivity index (χ4n) is 5.06. The lowest BCUT2D eigenvalue weighted by atomic mass is 9.90. The van der Waals surface area contributed by atoms with Crippen LogP contribution < -0.4 is 0 Å². The number of hydrogen-bond acceptors (Lipinski definition) is 3. The van der Waals surface area contributed by atoms with Crippen molar-refractivity contribution < 1.29 is 10.2 Å². The molecule has 0 amide bonds. The Morgan fingerprint density at radius 3 is 2.55 bits per heavy atom. The maximum atomic E-state index is 10.2. The Morgan fingerprint density at radius 1 is 1.00 bits per heavy atom. The van der Waals surface area contributed by atoms with Crippen LogP contribution in [-0.4, -0.2) is 40.4 Å². The molecule has 6 atom stereocenters. The normalized spacial score (nSPS) is 43.7. The molecule has 4 rings (SSSR count). The maximum Gasteiger partial charge on any atom is 0.0833 e. The number of fused-ring (bicyclic) bond motifs is 5. The third-order valence-corrected chi connectivity index (χ3v) is 5.79. The summed E-state index contributed by atoms with van der Waals surface area (Å²) in [5.41, 5.74) is 1.37. The molecule has 1 aromatic carbocycles.